The predicted molar refractivity (Wildman–Crippen MR) is 76.5 cm³/mol. The second kappa shape index (κ2) is 7.72. The summed E-state index contributed by atoms with van der Waals surface area (Å²) in [5.74, 6) is -1.20. The van der Waals surface area contributed by atoms with Crippen LogP contribution < -0.4 is 10.6 Å². The van der Waals surface area contributed by atoms with Gasteiger partial charge in [-0.3, -0.25) is 0 Å². The van der Waals surface area contributed by atoms with Crippen molar-refractivity contribution in [2.75, 3.05) is 18.5 Å². The Morgan fingerprint density at radius 2 is 2.15 bits per heavy atom. The molecule has 0 heterocycles. The highest BCUT2D eigenvalue weighted by molar-refractivity contribution is 6.34. The number of carbonyl (C=O) groups is 2. The first-order valence-electron chi connectivity index (χ1n) is 6.14. The van der Waals surface area contributed by atoms with E-state index in [1.165, 1.54) is 12.1 Å². The smallest absolute Gasteiger partial charge is 0.339 e. The number of halogens is 1. The van der Waals surface area contributed by atoms with Crippen molar-refractivity contribution in [1.29, 1.82) is 0 Å². The van der Waals surface area contributed by atoms with Crippen LogP contribution in [0.3, 0.4) is 0 Å². The number of nitrogens with one attached hydrogen (secondary N) is 2. The molecule has 0 bridgehead atoms. The predicted octanol–water partition coefficient (Wildman–Crippen LogP) is 2.58. The summed E-state index contributed by atoms with van der Waals surface area (Å²) >= 11 is 5.80. The Labute approximate surface area is 122 Å². The van der Waals surface area contributed by atoms with Crippen LogP contribution in [0.4, 0.5) is 10.5 Å². The average Bonchev–Trinajstić information content (AvgIpc) is 2.36. The zero-order valence-corrected chi connectivity index (χ0v) is 12.0. The number of carbonyl (C=O) groups excluding carboxylic acids is 1. The normalized spacial score (nSPS) is 11.8. The van der Waals surface area contributed by atoms with E-state index in [4.69, 9.17) is 21.4 Å². The van der Waals surface area contributed by atoms with Crippen molar-refractivity contribution in [3.05, 3.63) is 28.8 Å². The van der Waals surface area contributed by atoms with Gasteiger partial charge in [-0.05, 0) is 26.0 Å². The zero-order chi connectivity index (χ0) is 15.1. The van der Waals surface area contributed by atoms with Crippen LogP contribution in [0.15, 0.2) is 18.2 Å². The monoisotopic (exact) mass is 300 g/mol. The van der Waals surface area contributed by atoms with Crippen molar-refractivity contribution < 1.29 is 19.4 Å². The molecule has 1 unspecified atom stereocenters. The molecule has 20 heavy (non-hydrogen) atoms. The number of hydrogen-bond acceptors (Lipinski definition) is 3. The molecule has 110 valence electrons. The molecule has 1 aromatic rings. The Kier molecular flexibility index (Phi) is 6.27. The van der Waals surface area contributed by atoms with Crippen molar-refractivity contribution in [3.8, 4) is 0 Å². The summed E-state index contributed by atoms with van der Waals surface area (Å²) in [6, 6.07) is 3.97. The molecule has 7 heteroatoms. The first-order chi connectivity index (χ1) is 9.45. The fourth-order valence-corrected chi connectivity index (χ4v) is 1.85. The van der Waals surface area contributed by atoms with Crippen LogP contribution in [-0.4, -0.2) is 36.4 Å². The quantitative estimate of drug-likeness (QED) is 0.753. The summed E-state index contributed by atoms with van der Waals surface area (Å²) in [6.45, 7) is 4.57. The van der Waals surface area contributed by atoms with Gasteiger partial charge in [-0.2, -0.15) is 0 Å². The highest BCUT2D eigenvalue weighted by atomic mass is 35.5. The Morgan fingerprint density at radius 1 is 1.45 bits per heavy atom. The standard InChI is InChI=1S/C13H17ClN2O4/c1-3-20-8(2)7-15-13(19)16-10-6-4-5-9(14)11(10)12(17)18/h4-6,8H,3,7H2,1-2H3,(H,17,18)(H2,15,16,19). The third-order valence-corrected chi connectivity index (χ3v) is 2.79. The molecule has 1 atom stereocenters. The number of benzene rings is 1. The summed E-state index contributed by atoms with van der Waals surface area (Å²) in [5.41, 5.74) is 0.00809. The van der Waals surface area contributed by atoms with Gasteiger partial charge in [0.1, 0.15) is 5.56 Å². The summed E-state index contributed by atoms with van der Waals surface area (Å²) in [7, 11) is 0. The Bertz CT molecular complexity index is 493. The second-order valence-electron chi connectivity index (χ2n) is 4.07. The number of carboxylic acid groups (broad SMARTS) is 1. The van der Waals surface area contributed by atoms with Gasteiger partial charge in [0.15, 0.2) is 0 Å². The molecule has 0 aliphatic carbocycles. The van der Waals surface area contributed by atoms with E-state index in [0.29, 0.717) is 13.2 Å². The Hall–Kier alpha value is -1.79. The minimum absolute atomic E-state index is 0.0676. The third kappa shape index (κ3) is 4.71. The minimum atomic E-state index is -1.20. The van der Waals surface area contributed by atoms with Crippen LogP contribution in [0.2, 0.25) is 5.02 Å². The molecule has 1 aromatic carbocycles. The molecule has 0 saturated heterocycles. The van der Waals surface area contributed by atoms with Crippen LogP contribution in [0.5, 0.6) is 0 Å². The number of urea groups is 1. The molecule has 0 radical (unpaired) electrons. The molecule has 0 aliphatic heterocycles. The lowest BCUT2D eigenvalue weighted by Crippen LogP contribution is -2.35. The highest BCUT2D eigenvalue weighted by Gasteiger charge is 2.16. The van der Waals surface area contributed by atoms with Gasteiger partial charge in [-0.25, -0.2) is 9.59 Å². The molecule has 0 fully saturated rings. The van der Waals surface area contributed by atoms with Gasteiger partial charge < -0.3 is 20.5 Å². The lowest BCUT2D eigenvalue weighted by atomic mass is 10.2. The lowest BCUT2D eigenvalue weighted by molar-refractivity contribution is 0.0698. The van der Waals surface area contributed by atoms with E-state index in [1.54, 1.807) is 6.07 Å². The fraction of sp³-hybridized carbons (Fsp3) is 0.385. The van der Waals surface area contributed by atoms with E-state index in [1.807, 2.05) is 13.8 Å². The van der Waals surface area contributed by atoms with Gasteiger partial charge >= 0.3 is 12.0 Å². The number of hydrogen-bond donors (Lipinski definition) is 3. The van der Waals surface area contributed by atoms with Crippen molar-refractivity contribution >= 4 is 29.3 Å². The number of aromatic carboxylic acids is 1. The van der Waals surface area contributed by atoms with E-state index in [9.17, 15) is 9.59 Å². The van der Waals surface area contributed by atoms with Gasteiger partial charge in [0.25, 0.3) is 0 Å². The maximum atomic E-state index is 11.7. The second-order valence-corrected chi connectivity index (χ2v) is 4.48. The summed E-state index contributed by atoms with van der Waals surface area (Å²) in [6.07, 6.45) is -0.121. The van der Waals surface area contributed by atoms with Gasteiger partial charge in [-0.15, -0.1) is 0 Å². The number of carboxylic acids is 1. The highest BCUT2D eigenvalue weighted by Crippen LogP contribution is 2.24. The molecular weight excluding hydrogens is 284 g/mol. The van der Waals surface area contributed by atoms with Crippen LogP contribution in [-0.2, 0) is 4.74 Å². The van der Waals surface area contributed by atoms with Gasteiger partial charge in [0.2, 0.25) is 0 Å². The lowest BCUT2D eigenvalue weighted by Gasteiger charge is -2.14. The number of amides is 2. The SMILES string of the molecule is CCOC(C)CNC(=O)Nc1cccc(Cl)c1C(=O)O. The molecule has 0 aliphatic rings. The van der Waals surface area contributed by atoms with Crippen LogP contribution in [0.1, 0.15) is 24.2 Å². The maximum absolute atomic E-state index is 11.7. The molecule has 0 saturated carbocycles. The van der Waals surface area contributed by atoms with Crippen molar-refractivity contribution in [2.45, 2.75) is 20.0 Å². The summed E-state index contributed by atoms with van der Waals surface area (Å²) in [5, 5.41) is 14.2. The Morgan fingerprint density at radius 3 is 2.75 bits per heavy atom. The number of anilines is 1. The number of rotatable bonds is 6. The first-order valence-corrected chi connectivity index (χ1v) is 6.51. The third-order valence-electron chi connectivity index (χ3n) is 2.48. The summed E-state index contributed by atoms with van der Waals surface area (Å²) < 4.78 is 5.27. The largest absolute Gasteiger partial charge is 0.478 e. The molecular formula is C13H17ClN2O4. The van der Waals surface area contributed by atoms with Crippen LogP contribution in [0, 0.1) is 0 Å². The maximum Gasteiger partial charge on any atom is 0.339 e. The molecule has 3 N–H and O–H groups in total. The van der Waals surface area contributed by atoms with Gasteiger partial charge in [0, 0.05) is 13.2 Å². The summed E-state index contributed by atoms with van der Waals surface area (Å²) in [4.78, 5) is 22.8. The Balaban J connectivity index is 2.67. The number of ether oxygens (including phenoxy) is 1. The molecule has 6 nitrogen and oxygen atoms in total. The van der Waals surface area contributed by atoms with Gasteiger partial charge in [-0.1, -0.05) is 17.7 Å². The van der Waals surface area contributed by atoms with Crippen LogP contribution >= 0.6 is 11.6 Å². The fourth-order valence-electron chi connectivity index (χ4n) is 1.59. The van der Waals surface area contributed by atoms with Crippen LogP contribution in [0.25, 0.3) is 0 Å². The van der Waals surface area contributed by atoms with Crippen molar-refractivity contribution in [1.82, 2.24) is 5.32 Å². The van der Waals surface area contributed by atoms with Crippen molar-refractivity contribution in [2.24, 2.45) is 0 Å². The van der Waals surface area contributed by atoms with E-state index in [-0.39, 0.29) is 22.4 Å². The van der Waals surface area contributed by atoms with E-state index in [2.05, 4.69) is 10.6 Å². The zero-order valence-electron chi connectivity index (χ0n) is 11.3. The first kappa shape index (κ1) is 16.3. The molecule has 0 aromatic heterocycles. The van der Waals surface area contributed by atoms with E-state index >= 15 is 0 Å². The average molecular weight is 301 g/mol. The van der Waals surface area contributed by atoms with Crippen molar-refractivity contribution in [3.63, 3.8) is 0 Å². The van der Waals surface area contributed by atoms with E-state index in [0.717, 1.165) is 0 Å². The molecule has 2 amide bonds. The molecule has 1 rings (SSSR count). The molecule has 0 spiro atoms. The van der Waals surface area contributed by atoms with Gasteiger partial charge in [0.05, 0.1) is 16.8 Å². The topological polar surface area (TPSA) is 87.7 Å². The minimum Gasteiger partial charge on any atom is -0.478 e. The van der Waals surface area contributed by atoms with E-state index < -0.39 is 12.0 Å².